The van der Waals surface area contributed by atoms with Crippen molar-refractivity contribution in [2.45, 2.75) is 25.3 Å². The molecule has 2 aliphatic rings. The zero-order valence-electron chi connectivity index (χ0n) is 14.7. The van der Waals surface area contributed by atoms with Crippen molar-refractivity contribution in [3.8, 4) is 0 Å². The molecule has 1 aliphatic carbocycles. The predicted molar refractivity (Wildman–Crippen MR) is 96.4 cm³/mol. The van der Waals surface area contributed by atoms with Crippen LogP contribution in [-0.4, -0.2) is 50.7 Å². The van der Waals surface area contributed by atoms with Gasteiger partial charge in [0.1, 0.15) is 12.4 Å². The highest BCUT2D eigenvalue weighted by Crippen LogP contribution is 2.26. The van der Waals surface area contributed by atoms with E-state index in [4.69, 9.17) is 10.5 Å². The minimum absolute atomic E-state index is 0.0528. The third-order valence-electron chi connectivity index (χ3n) is 4.92. The Labute approximate surface area is 152 Å². The van der Waals surface area contributed by atoms with Crippen LogP contribution in [0.5, 0.6) is 0 Å². The van der Waals surface area contributed by atoms with E-state index in [-0.39, 0.29) is 30.7 Å². The van der Waals surface area contributed by atoms with Gasteiger partial charge in [-0.15, -0.1) is 0 Å². The molecule has 1 aromatic rings. The number of carbonyl (C=O) groups excluding carboxylic acids is 2. The zero-order valence-corrected chi connectivity index (χ0v) is 14.7. The second-order valence-electron chi connectivity index (χ2n) is 6.75. The summed E-state index contributed by atoms with van der Waals surface area (Å²) in [6.45, 7) is 1.56. The molecule has 1 heterocycles. The fourth-order valence-electron chi connectivity index (χ4n) is 3.09. The number of ether oxygens (including phenoxy) is 1. The van der Waals surface area contributed by atoms with E-state index >= 15 is 0 Å². The number of rotatable bonds is 7. The molecule has 8 heteroatoms. The van der Waals surface area contributed by atoms with Crippen LogP contribution in [0.2, 0.25) is 0 Å². The summed E-state index contributed by atoms with van der Waals surface area (Å²) >= 11 is 0. The Kier molecular flexibility index (Phi) is 6.18. The molecule has 7 nitrogen and oxygen atoms in total. The summed E-state index contributed by atoms with van der Waals surface area (Å²) in [5.74, 6) is -0.527. The normalized spacial score (nSPS) is 19.2. The van der Waals surface area contributed by atoms with Gasteiger partial charge in [0.25, 0.3) is 5.91 Å². The summed E-state index contributed by atoms with van der Waals surface area (Å²) in [6, 6.07) is 3.78. The summed E-state index contributed by atoms with van der Waals surface area (Å²) in [5, 5.41) is 5.86. The highest BCUT2D eigenvalue weighted by Gasteiger charge is 2.24. The Balaban J connectivity index is 1.60. The number of morpholine rings is 1. The molecule has 1 atom stereocenters. The molecule has 0 radical (unpaired) electrons. The summed E-state index contributed by atoms with van der Waals surface area (Å²) in [7, 11) is 0. The highest BCUT2D eigenvalue weighted by molar-refractivity contribution is 5.97. The Morgan fingerprint density at radius 1 is 1.42 bits per heavy atom. The van der Waals surface area contributed by atoms with Gasteiger partial charge in [0.15, 0.2) is 0 Å². The Morgan fingerprint density at radius 3 is 2.85 bits per heavy atom. The van der Waals surface area contributed by atoms with Gasteiger partial charge in [0.05, 0.1) is 18.3 Å². The van der Waals surface area contributed by atoms with Crippen molar-refractivity contribution in [1.29, 1.82) is 0 Å². The van der Waals surface area contributed by atoms with E-state index in [9.17, 15) is 14.0 Å². The lowest BCUT2D eigenvalue weighted by Gasteiger charge is -2.28. The van der Waals surface area contributed by atoms with E-state index in [1.54, 1.807) is 6.07 Å². The predicted octanol–water partition coefficient (Wildman–Crippen LogP) is 0.844. The third kappa shape index (κ3) is 4.38. The molecule has 142 valence electrons. The monoisotopic (exact) mass is 364 g/mol. The molecule has 2 amide bonds. The van der Waals surface area contributed by atoms with Crippen LogP contribution >= 0.6 is 0 Å². The number of halogens is 1. The van der Waals surface area contributed by atoms with Gasteiger partial charge < -0.3 is 26.0 Å². The van der Waals surface area contributed by atoms with Gasteiger partial charge >= 0.3 is 0 Å². The second-order valence-corrected chi connectivity index (χ2v) is 6.75. The minimum atomic E-state index is -0.565. The van der Waals surface area contributed by atoms with Crippen LogP contribution in [0.1, 0.15) is 19.3 Å². The van der Waals surface area contributed by atoms with Crippen molar-refractivity contribution in [1.82, 2.24) is 5.32 Å². The fourth-order valence-corrected chi connectivity index (χ4v) is 3.09. The maximum atomic E-state index is 14.4. The van der Waals surface area contributed by atoms with E-state index in [0.29, 0.717) is 24.8 Å². The number of carbonyl (C=O) groups is 2. The number of benzene rings is 1. The molecule has 1 aromatic carbocycles. The van der Waals surface area contributed by atoms with Gasteiger partial charge in [-0.2, -0.15) is 0 Å². The minimum Gasteiger partial charge on any atom is -0.370 e. The van der Waals surface area contributed by atoms with Gasteiger partial charge in [-0.3, -0.25) is 9.59 Å². The van der Waals surface area contributed by atoms with Crippen molar-refractivity contribution in [2.75, 3.05) is 43.1 Å². The maximum absolute atomic E-state index is 14.4. The van der Waals surface area contributed by atoms with E-state index in [1.165, 1.54) is 36.3 Å². The van der Waals surface area contributed by atoms with Crippen molar-refractivity contribution in [2.24, 2.45) is 11.7 Å². The van der Waals surface area contributed by atoms with Crippen molar-refractivity contribution in [3.05, 3.63) is 24.0 Å². The van der Waals surface area contributed by atoms with Crippen LogP contribution in [0, 0.1) is 11.7 Å². The summed E-state index contributed by atoms with van der Waals surface area (Å²) in [4.78, 5) is 25.5. The van der Waals surface area contributed by atoms with Crippen molar-refractivity contribution < 1.29 is 18.7 Å². The quantitative estimate of drug-likeness (QED) is 0.666. The number of nitrogens with two attached hydrogens (primary N) is 1. The van der Waals surface area contributed by atoms with Gasteiger partial charge in [-0.25, -0.2) is 4.39 Å². The van der Waals surface area contributed by atoms with Crippen LogP contribution in [0.4, 0.5) is 15.8 Å². The molecular formula is C18H25FN4O3. The van der Waals surface area contributed by atoms with E-state index in [1.807, 2.05) is 0 Å². The van der Waals surface area contributed by atoms with Gasteiger partial charge in [0.2, 0.25) is 5.91 Å². The Hall–Kier alpha value is -2.03. The largest absolute Gasteiger partial charge is 0.370 e. The second kappa shape index (κ2) is 8.57. The molecule has 0 unspecified atom stereocenters. The van der Waals surface area contributed by atoms with E-state index < -0.39 is 11.9 Å². The number of hydrogen-bond donors (Lipinski definition) is 3. The molecule has 26 heavy (non-hydrogen) atoms. The topological polar surface area (TPSA) is 96.7 Å². The van der Waals surface area contributed by atoms with Gasteiger partial charge in [0, 0.05) is 18.8 Å². The first kappa shape index (κ1) is 18.8. The first-order valence-electron chi connectivity index (χ1n) is 9.00. The number of anilines is 2. The summed E-state index contributed by atoms with van der Waals surface area (Å²) in [5.41, 5.74) is 6.21. The molecule has 1 saturated carbocycles. The average molecular weight is 364 g/mol. The molecular weight excluding hydrogens is 339 g/mol. The fraction of sp³-hybridized carbons (Fsp3) is 0.556. The molecule has 4 N–H and O–H groups in total. The summed E-state index contributed by atoms with van der Waals surface area (Å²) in [6.07, 6.45) is 3.60. The Bertz CT molecular complexity index is 666. The smallest absolute Gasteiger partial charge is 0.253 e. The van der Waals surface area contributed by atoms with Crippen molar-refractivity contribution in [3.63, 3.8) is 0 Å². The van der Waals surface area contributed by atoms with Crippen molar-refractivity contribution >= 4 is 23.2 Å². The number of nitrogens with one attached hydrogen (secondary N) is 2. The lowest BCUT2D eigenvalue weighted by atomic mass is 9.85. The van der Waals surface area contributed by atoms with Crippen LogP contribution in [0.25, 0.3) is 0 Å². The van der Waals surface area contributed by atoms with E-state index in [0.717, 1.165) is 6.54 Å². The SMILES string of the molecule is NC[C@@H](NCC1CCC1)C(=O)Nc1ccc(N2CCOCC2=O)c(F)c1. The van der Waals surface area contributed by atoms with Crippen LogP contribution in [0.15, 0.2) is 18.2 Å². The maximum Gasteiger partial charge on any atom is 0.253 e. The molecule has 0 spiro atoms. The molecule has 1 saturated heterocycles. The molecule has 0 aromatic heterocycles. The molecule has 1 aliphatic heterocycles. The molecule has 3 rings (SSSR count). The first-order chi connectivity index (χ1) is 12.6. The van der Waals surface area contributed by atoms with Crippen LogP contribution in [-0.2, 0) is 14.3 Å². The zero-order chi connectivity index (χ0) is 18.5. The number of amides is 2. The Morgan fingerprint density at radius 2 is 2.23 bits per heavy atom. The first-order valence-corrected chi connectivity index (χ1v) is 9.00. The average Bonchev–Trinajstić information content (AvgIpc) is 2.58. The lowest BCUT2D eigenvalue weighted by molar-refractivity contribution is -0.125. The summed E-state index contributed by atoms with van der Waals surface area (Å²) < 4.78 is 19.5. The molecule has 0 bridgehead atoms. The standard InChI is InChI=1S/C18H25FN4O3/c19-14-8-13(4-5-16(14)23-6-7-26-11-17(23)24)22-18(25)15(9-20)21-10-12-2-1-3-12/h4-5,8,12,15,21H,1-3,6-7,9-11,20H2,(H,22,25)/t15-/m1/s1. The van der Waals surface area contributed by atoms with Gasteiger partial charge in [-0.05, 0) is 43.5 Å². The van der Waals surface area contributed by atoms with Crippen LogP contribution < -0.4 is 21.3 Å². The third-order valence-corrected chi connectivity index (χ3v) is 4.92. The van der Waals surface area contributed by atoms with E-state index in [2.05, 4.69) is 10.6 Å². The highest BCUT2D eigenvalue weighted by atomic mass is 19.1. The van der Waals surface area contributed by atoms with Gasteiger partial charge in [-0.1, -0.05) is 6.42 Å². The molecule has 2 fully saturated rings. The lowest BCUT2D eigenvalue weighted by Crippen LogP contribution is -2.48. The number of nitrogens with zero attached hydrogens (tertiary/aromatic N) is 1. The van der Waals surface area contributed by atoms with Crippen LogP contribution in [0.3, 0.4) is 0 Å². The number of hydrogen-bond acceptors (Lipinski definition) is 5.